The first kappa shape index (κ1) is 26.0. The number of benzene rings is 4. The molecule has 0 aromatic heterocycles. The van der Waals surface area contributed by atoms with Gasteiger partial charge in [-0.25, -0.2) is 4.79 Å². The van der Waals surface area contributed by atoms with Crippen LogP contribution < -0.4 is 9.47 Å². The van der Waals surface area contributed by atoms with Crippen LogP contribution in [0.1, 0.15) is 44.2 Å². The number of carbonyl (C=O) groups excluding carboxylic acids is 1. The molecule has 0 atom stereocenters. The van der Waals surface area contributed by atoms with E-state index in [9.17, 15) is 4.79 Å². The van der Waals surface area contributed by atoms with Gasteiger partial charge in [-0.2, -0.15) is 0 Å². The average molecular weight is 495 g/mol. The molecule has 0 saturated heterocycles. The fourth-order valence-electron chi connectivity index (χ4n) is 4.44. The third-order valence-electron chi connectivity index (χ3n) is 6.29. The van der Waals surface area contributed by atoms with Gasteiger partial charge in [0.25, 0.3) is 0 Å². The van der Waals surface area contributed by atoms with Crippen LogP contribution in [0.5, 0.6) is 17.2 Å². The zero-order valence-corrected chi connectivity index (χ0v) is 21.8. The number of ether oxygens (including phenoxy) is 3. The van der Waals surface area contributed by atoms with E-state index in [0.29, 0.717) is 6.61 Å². The van der Waals surface area contributed by atoms with Crippen LogP contribution in [0.25, 0.3) is 28.0 Å². The summed E-state index contributed by atoms with van der Waals surface area (Å²) in [5, 5.41) is 2.12. The lowest BCUT2D eigenvalue weighted by atomic mass is 9.91. The summed E-state index contributed by atoms with van der Waals surface area (Å²) in [6.07, 6.45) is 7.62. The molecular weight excluding hydrogens is 460 g/mol. The van der Waals surface area contributed by atoms with Crippen molar-refractivity contribution >= 4 is 22.8 Å². The van der Waals surface area contributed by atoms with E-state index in [2.05, 4.69) is 49.4 Å². The van der Waals surface area contributed by atoms with E-state index in [1.54, 1.807) is 20.1 Å². The van der Waals surface area contributed by atoms with E-state index < -0.39 is 0 Å². The van der Waals surface area contributed by atoms with E-state index in [1.807, 2.05) is 36.4 Å². The van der Waals surface area contributed by atoms with Gasteiger partial charge in [0, 0.05) is 17.0 Å². The second-order valence-electron chi connectivity index (χ2n) is 8.91. The van der Waals surface area contributed by atoms with E-state index >= 15 is 0 Å². The number of hydrogen-bond donors (Lipinski definition) is 0. The molecular formula is C33H34O4. The molecule has 0 saturated carbocycles. The zero-order valence-electron chi connectivity index (χ0n) is 21.8. The molecule has 0 N–H and O–H groups in total. The fourth-order valence-corrected chi connectivity index (χ4v) is 4.44. The lowest BCUT2D eigenvalue weighted by molar-refractivity contribution is -0.137. The molecule has 4 heteroatoms. The van der Waals surface area contributed by atoms with Crippen LogP contribution >= 0.6 is 0 Å². The van der Waals surface area contributed by atoms with Gasteiger partial charge in [-0.3, -0.25) is 0 Å². The largest absolute Gasteiger partial charge is 0.497 e. The van der Waals surface area contributed by atoms with Crippen LogP contribution in [0.2, 0.25) is 0 Å². The highest BCUT2D eigenvalue weighted by atomic mass is 16.5. The van der Waals surface area contributed by atoms with Crippen LogP contribution in [0.3, 0.4) is 0 Å². The smallest absolute Gasteiger partial charge is 0.330 e. The van der Waals surface area contributed by atoms with Crippen LogP contribution in [0.15, 0.2) is 84.9 Å². The highest BCUT2D eigenvalue weighted by Gasteiger charge is 2.18. The highest BCUT2D eigenvalue weighted by molar-refractivity contribution is 5.98. The van der Waals surface area contributed by atoms with Crippen molar-refractivity contribution in [2.45, 2.75) is 39.5 Å². The van der Waals surface area contributed by atoms with E-state index in [-0.39, 0.29) is 5.97 Å². The van der Waals surface area contributed by atoms with E-state index in [4.69, 9.17) is 14.2 Å². The molecule has 4 nitrogen and oxygen atoms in total. The van der Waals surface area contributed by atoms with Crippen molar-refractivity contribution < 1.29 is 19.0 Å². The van der Waals surface area contributed by atoms with Crippen LogP contribution in [0, 0.1) is 0 Å². The maximum absolute atomic E-state index is 11.7. The summed E-state index contributed by atoms with van der Waals surface area (Å²) < 4.78 is 17.1. The Morgan fingerprint density at radius 3 is 2.32 bits per heavy atom. The molecule has 0 heterocycles. The van der Waals surface area contributed by atoms with Gasteiger partial charge >= 0.3 is 5.97 Å². The van der Waals surface area contributed by atoms with Crippen molar-refractivity contribution in [3.05, 3.63) is 96.1 Å². The Balaban J connectivity index is 1.79. The summed E-state index contributed by atoms with van der Waals surface area (Å²) in [6, 6.07) is 26.6. The summed E-state index contributed by atoms with van der Waals surface area (Å²) in [6.45, 7) is 4.38. The van der Waals surface area contributed by atoms with E-state index in [0.717, 1.165) is 57.6 Å². The summed E-state index contributed by atoms with van der Waals surface area (Å²) in [5.74, 6) is 2.04. The quantitative estimate of drug-likeness (QED) is 0.119. The Morgan fingerprint density at radius 1 is 0.865 bits per heavy atom. The Kier molecular flexibility index (Phi) is 8.98. The number of hydrogen-bond acceptors (Lipinski definition) is 4. The minimum absolute atomic E-state index is 0.350. The zero-order chi connectivity index (χ0) is 26.0. The van der Waals surface area contributed by atoms with Gasteiger partial charge < -0.3 is 14.2 Å². The summed E-state index contributed by atoms with van der Waals surface area (Å²) >= 11 is 0. The van der Waals surface area contributed by atoms with E-state index in [1.165, 1.54) is 24.5 Å². The van der Waals surface area contributed by atoms with Gasteiger partial charge in [0.15, 0.2) is 0 Å². The van der Waals surface area contributed by atoms with Crippen molar-refractivity contribution in [1.82, 2.24) is 0 Å². The molecule has 0 bridgehead atoms. The SMILES string of the molecule is CCCCCc1cc2cc(OC)ccc2c(Oc2ccc(/C=C/C(=O)OCC)cc2)c1-c1ccccc1. The summed E-state index contributed by atoms with van der Waals surface area (Å²) in [7, 11) is 1.69. The molecule has 0 fully saturated rings. The van der Waals surface area contributed by atoms with Gasteiger partial charge in [0.05, 0.1) is 13.7 Å². The number of fused-ring (bicyclic) bond motifs is 1. The molecule has 4 rings (SSSR count). The Morgan fingerprint density at radius 2 is 1.62 bits per heavy atom. The molecule has 0 spiro atoms. The molecule has 0 aliphatic rings. The Labute approximate surface area is 219 Å². The number of unbranched alkanes of at least 4 members (excludes halogenated alkanes) is 2. The maximum Gasteiger partial charge on any atom is 0.330 e. The predicted octanol–water partition coefficient (Wildman–Crippen LogP) is 8.62. The van der Waals surface area contributed by atoms with Crippen molar-refractivity contribution in [2.75, 3.05) is 13.7 Å². The topological polar surface area (TPSA) is 44.8 Å². The van der Waals surface area contributed by atoms with Crippen LogP contribution in [-0.2, 0) is 16.0 Å². The third kappa shape index (κ3) is 6.59. The van der Waals surface area contributed by atoms with Gasteiger partial charge in [0.1, 0.15) is 17.2 Å². The molecule has 4 aromatic carbocycles. The lowest BCUT2D eigenvalue weighted by Crippen LogP contribution is -1.98. The highest BCUT2D eigenvalue weighted by Crippen LogP contribution is 2.43. The molecule has 0 radical (unpaired) electrons. The molecule has 190 valence electrons. The van der Waals surface area contributed by atoms with Gasteiger partial charge in [0.2, 0.25) is 0 Å². The third-order valence-corrected chi connectivity index (χ3v) is 6.29. The van der Waals surface area contributed by atoms with Crippen LogP contribution in [0.4, 0.5) is 0 Å². The minimum atomic E-state index is -0.350. The number of carbonyl (C=O) groups is 1. The molecule has 0 aliphatic carbocycles. The monoisotopic (exact) mass is 494 g/mol. The average Bonchev–Trinajstić information content (AvgIpc) is 2.93. The van der Waals surface area contributed by atoms with Gasteiger partial charge in [-0.1, -0.05) is 68.3 Å². The number of methoxy groups -OCH3 is 1. The van der Waals surface area contributed by atoms with Gasteiger partial charge in [-0.05, 0) is 78.2 Å². The van der Waals surface area contributed by atoms with Crippen molar-refractivity contribution in [3.8, 4) is 28.4 Å². The second kappa shape index (κ2) is 12.8. The Bertz CT molecular complexity index is 1350. The molecule has 0 unspecified atom stereocenters. The molecule has 0 amide bonds. The number of esters is 1. The van der Waals surface area contributed by atoms with Gasteiger partial charge in [-0.15, -0.1) is 0 Å². The molecule has 4 aromatic rings. The standard InChI is InChI=1S/C33H34O4/c1-4-6-8-13-26-22-27-23-29(35-3)19-20-30(27)33(32(26)25-11-9-7-10-12-25)37-28-17-14-24(15-18-28)16-21-31(34)36-5-2/h7,9-12,14-23H,4-6,8,13H2,1-3H3/b21-16+. The normalized spacial score (nSPS) is 11.1. The number of rotatable bonds is 11. The van der Waals surface area contributed by atoms with Crippen LogP contribution in [-0.4, -0.2) is 19.7 Å². The number of aryl methyl sites for hydroxylation is 1. The first-order valence-corrected chi connectivity index (χ1v) is 12.9. The predicted molar refractivity (Wildman–Crippen MR) is 151 cm³/mol. The molecule has 0 aliphatic heterocycles. The minimum Gasteiger partial charge on any atom is -0.497 e. The first-order valence-electron chi connectivity index (χ1n) is 12.9. The first-order chi connectivity index (χ1) is 18.1. The maximum atomic E-state index is 11.7. The Hall–Kier alpha value is -4.05. The summed E-state index contributed by atoms with van der Waals surface area (Å²) in [4.78, 5) is 11.7. The lowest BCUT2D eigenvalue weighted by Gasteiger charge is -2.19. The van der Waals surface area contributed by atoms with Crippen molar-refractivity contribution in [2.24, 2.45) is 0 Å². The summed E-state index contributed by atoms with van der Waals surface area (Å²) in [5.41, 5.74) is 4.42. The second-order valence-corrected chi connectivity index (χ2v) is 8.91. The van der Waals surface area contributed by atoms with Crippen molar-refractivity contribution in [3.63, 3.8) is 0 Å². The fraction of sp³-hybridized carbons (Fsp3) is 0.242. The molecule has 37 heavy (non-hydrogen) atoms. The van der Waals surface area contributed by atoms with Crippen molar-refractivity contribution in [1.29, 1.82) is 0 Å².